The molecule has 53 heavy (non-hydrogen) atoms. The molecule has 2 aliphatic rings. The summed E-state index contributed by atoms with van der Waals surface area (Å²) in [5.41, 5.74) is 0. The molecule has 2 saturated heterocycles. The van der Waals surface area contributed by atoms with Crippen molar-refractivity contribution in [3.05, 3.63) is 24.3 Å². The lowest BCUT2D eigenvalue weighted by Gasteiger charge is -2.46. The number of ether oxygens (including phenoxy) is 4. The second-order valence-corrected chi connectivity index (χ2v) is 14.4. The second kappa shape index (κ2) is 28.0. The minimum atomic E-state index is -1.79. The third-order valence-corrected chi connectivity index (χ3v) is 9.89. The molecule has 0 aliphatic carbocycles. The van der Waals surface area contributed by atoms with Gasteiger partial charge in [0.2, 0.25) is 5.91 Å². The van der Waals surface area contributed by atoms with E-state index in [0.29, 0.717) is 12.8 Å². The van der Waals surface area contributed by atoms with Crippen LogP contribution in [0.25, 0.3) is 0 Å². The molecular formula is C39H71NO13. The summed E-state index contributed by atoms with van der Waals surface area (Å²) in [5.74, 6) is -0.257. The van der Waals surface area contributed by atoms with Crippen molar-refractivity contribution in [1.82, 2.24) is 5.32 Å². The van der Waals surface area contributed by atoms with Crippen LogP contribution in [0, 0.1) is 0 Å². The Kier molecular flexibility index (Phi) is 25.1. The third-order valence-electron chi connectivity index (χ3n) is 9.89. The Morgan fingerprint density at radius 3 is 1.83 bits per heavy atom. The van der Waals surface area contributed by atoms with Gasteiger partial charge in [-0.3, -0.25) is 4.79 Å². The molecule has 1 amide bonds. The fraction of sp³-hybridized carbons (Fsp3) is 0.872. The van der Waals surface area contributed by atoms with Crippen LogP contribution in [0.5, 0.6) is 0 Å². The van der Waals surface area contributed by atoms with Gasteiger partial charge in [-0.2, -0.15) is 0 Å². The second-order valence-electron chi connectivity index (χ2n) is 14.4. The maximum absolute atomic E-state index is 13.0. The van der Waals surface area contributed by atoms with E-state index in [4.69, 9.17) is 18.9 Å². The van der Waals surface area contributed by atoms with Crippen LogP contribution < -0.4 is 5.32 Å². The van der Waals surface area contributed by atoms with E-state index < -0.39 is 86.8 Å². The van der Waals surface area contributed by atoms with Crippen molar-refractivity contribution in [3.8, 4) is 0 Å². The molecule has 0 aromatic rings. The fourth-order valence-corrected chi connectivity index (χ4v) is 6.47. The van der Waals surface area contributed by atoms with Crippen molar-refractivity contribution < 1.29 is 64.6 Å². The van der Waals surface area contributed by atoms with Gasteiger partial charge in [0.15, 0.2) is 12.6 Å². The number of hydrogen-bond donors (Lipinski definition) is 9. The lowest BCUT2D eigenvalue weighted by atomic mass is 9.97. The zero-order valence-electron chi connectivity index (χ0n) is 32.0. The van der Waals surface area contributed by atoms with Crippen LogP contribution in [0.2, 0.25) is 0 Å². The Bertz CT molecular complexity index is 998. The number of aliphatic hydroxyl groups is 8. The SMILES string of the molecule is CCCC/C=C/CC/C=C/C(O)C(COC1OC(CO)C(OC2OC(CO)C(O)C(O)C2O)C(O)C1O)NC(=O)CCCCCCCCCCCCC. The quantitative estimate of drug-likeness (QED) is 0.0413. The van der Waals surface area contributed by atoms with Crippen LogP contribution in [0.3, 0.4) is 0 Å². The van der Waals surface area contributed by atoms with E-state index >= 15 is 0 Å². The van der Waals surface area contributed by atoms with E-state index in [-0.39, 0.29) is 18.9 Å². The van der Waals surface area contributed by atoms with Crippen molar-refractivity contribution in [1.29, 1.82) is 0 Å². The molecule has 2 rings (SSSR count). The topological polar surface area (TPSA) is 228 Å². The Hall–Kier alpha value is -1.53. The molecule has 14 nitrogen and oxygen atoms in total. The average molecular weight is 762 g/mol. The maximum atomic E-state index is 13.0. The van der Waals surface area contributed by atoms with E-state index in [9.17, 15) is 45.6 Å². The minimum absolute atomic E-state index is 0.257. The Morgan fingerprint density at radius 1 is 0.660 bits per heavy atom. The van der Waals surface area contributed by atoms with Gasteiger partial charge < -0.3 is 65.1 Å². The standard InChI is InChI=1S/C39H71NO13/c1-3-5-7-9-11-13-14-15-17-19-21-23-31(44)40-27(28(43)22-20-18-16-12-10-8-6-4-2)26-50-38-36(49)34(47)37(30(25-42)52-38)53-39-35(48)33(46)32(45)29(24-41)51-39/h10,12,20,22,27-30,32-39,41-43,45-49H,3-9,11,13-19,21,23-26H2,1-2H3,(H,40,44)/b12-10+,22-20+. The van der Waals surface area contributed by atoms with Gasteiger partial charge in [0.1, 0.15) is 48.8 Å². The van der Waals surface area contributed by atoms with Gasteiger partial charge in [0.25, 0.3) is 0 Å². The number of unbranched alkanes of at least 4 members (excludes halogenated alkanes) is 13. The van der Waals surface area contributed by atoms with Crippen LogP contribution in [-0.2, 0) is 23.7 Å². The predicted molar refractivity (Wildman–Crippen MR) is 198 cm³/mol. The summed E-state index contributed by atoms with van der Waals surface area (Å²) in [6.07, 6.45) is 8.37. The number of amides is 1. The summed E-state index contributed by atoms with van der Waals surface area (Å²) in [5, 5.41) is 85.9. The molecule has 9 N–H and O–H groups in total. The molecule has 0 radical (unpaired) electrons. The molecule has 2 fully saturated rings. The van der Waals surface area contributed by atoms with E-state index in [1.54, 1.807) is 6.08 Å². The highest BCUT2D eigenvalue weighted by Gasteiger charge is 2.50. The zero-order valence-corrected chi connectivity index (χ0v) is 32.0. The predicted octanol–water partition coefficient (Wildman–Crippen LogP) is 2.26. The lowest BCUT2D eigenvalue weighted by molar-refractivity contribution is -0.359. The van der Waals surface area contributed by atoms with Crippen LogP contribution in [0.15, 0.2) is 24.3 Å². The molecule has 2 aliphatic heterocycles. The number of allylic oxidation sites excluding steroid dienone is 3. The first kappa shape index (κ1) is 47.6. The maximum Gasteiger partial charge on any atom is 0.220 e. The van der Waals surface area contributed by atoms with Gasteiger partial charge in [-0.15, -0.1) is 0 Å². The van der Waals surface area contributed by atoms with Gasteiger partial charge in [0.05, 0.1) is 32.0 Å². The molecule has 310 valence electrons. The van der Waals surface area contributed by atoms with Crippen LogP contribution >= 0.6 is 0 Å². The van der Waals surface area contributed by atoms with Crippen LogP contribution in [0.4, 0.5) is 0 Å². The number of aliphatic hydroxyl groups excluding tert-OH is 8. The first-order valence-electron chi connectivity index (χ1n) is 20.1. The minimum Gasteiger partial charge on any atom is -0.394 e. The fourth-order valence-electron chi connectivity index (χ4n) is 6.47. The largest absolute Gasteiger partial charge is 0.394 e. The Morgan fingerprint density at radius 2 is 1.21 bits per heavy atom. The van der Waals surface area contributed by atoms with Gasteiger partial charge in [-0.1, -0.05) is 115 Å². The number of carbonyl (C=O) groups is 1. The number of hydrogen-bond acceptors (Lipinski definition) is 13. The Labute approximate surface area is 316 Å². The van der Waals surface area contributed by atoms with Crippen molar-refractivity contribution in [2.45, 2.75) is 197 Å². The van der Waals surface area contributed by atoms with Crippen molar-refractivity contribution in [2.24, 2.45) is 0 Å². The van der Waals surface area contributed by atoms with Crippen LogP contribution in [0.1, 0.15) is 123 Å². The number of nitrogens with one attached hydrogen (secondary N) is 1. The van der Waals surface area contributed by atoms with Gasteiger partial charge >= 0.3 is 0 Å². The highest BCUT2D eigenvalue weighted by Crippen LogP contribution is 2.29. The summed E-state index contributed by atoms with van der Waals surface area (Å²) < 4.78 is 22.5. The third kappa shape index (κ3) is 17.4. The number of carbonyl (C=O) groups excluding carboxylic acids is 1. The van der Waals surface area contributed by atoms with Crippen molar-refractivity contribution in [2.75, 3.05) is 19.8 Å². The number of rotatable bonds is 28. The molecule has 12 unspecified atom stereocenters. The highest BCUT2D eigenvalue weighted by molar-refractivity contribution is 5.76. The molecule has 0 bridgehead atoms. The van der Waals surface area contributed by atoms with E-state index in [0.717, 1.165) is 44.9 Å². The summed E-state index contributed by atoms with van der Waals surface area (Å²) >= 11 is 0. The van der Waals surface area contributed by atoms with Gasteiger partial charge in [-0.25, -0.2) is 0 Å². The Balaban J connectivity index is 1.96. The monoisotopic (exact) mass is 761 g/mol. The summed E-state index contributed by atoms with van der Waals surface area (Å²) in [4.78, 5) is 13.0. The molecule has 0 saturated carbocycles. The van der Waals surface area contributed by atoms with E-state index in [1.807, 2.05) is 6.08 Å². The molecule has 2 heterocycles. The van der Waals surface area contributed by atoms with Crippen molar-refractivity contribution >= 4 is 5.91 Å². The highest BCUT2D eigenvalue weighted by atomic mass is 16.7. The van der Waals surface area contributed by atoms with E-state index in [1.165, 1.54) is 44.9 Å². The zero-order chi connectivity index (χ0) is 39.0. The molecular weight excluding hydrogens is 690 g/mol. The molecule has 0 aromatic heterocycles. The molecule has 12 atom stereocenters. The average Bonchev–Trinajstić information content (AvgIpc) is 3.15. The smallest absolute Gasteiger partial charge is 0.220 e. The summed E-state index contributed by atoms with van der Waals surface area (Å²) in [7, 11) is 0. The molecule has 0 spiro atoms. The van der Waals surface area contributed by atoms with E-state index in [2.05, 4.69) is 31.3 Å². The normalized spacial score (nSPS) is 30.6. The summed E-state index contributed by atoms with van der Waals surface area (Å²) in [6, 6.07) is -0.921. The molecule has 14 heteroatoms. The summed E-state index contributed by atoms with van der Waals surface area (Å²) in [6.45, 7) is 2.63. The lowest BCUT2D eigenvalue weighted by Crippen LogP contribution is -2.65. The first-order valence-corrected chi connectivity index (χ1v) is 20.1. The van der Waals surface area contributed by atoms with Crippen LogP contribution in [-0.4, -0.2) is 140 Å². The van der Waals surface area contributed by atoms with Gasteiger partial charge in [0, 0.05) is 6.42 Å². The first-order chi connectivity index (χ1) is 25.6. The van der Waals surface area contributed by atoms with Crippen molar-refractivity contribution in [3.63, 3.8) is 0 Å². The molecule has 0 aromatic carbocycles. The van der Waals surface area contributed by atoms with Gasteiger partial charge in [-0.05, 0) is 25.7 Å².